The van der Waals surface area contributed by atoms with Gasteiger partial charge in [-0.1, -0.05) is 28.9 Å². The van der Waals surface area contributed by atoms with E-state index in [4.69, 9.17) is 17.3 Å². The molecule has 16 heavy (non-hydrogen) atoms. The molecule has 5 heteroatoms. The van der Waals surface area contributed by atoms with E-state index in [2.05, 4.69) is 10.3 Å². The lowest BCUT2D eigenvalue weighted by Gasteiger charge is -2.06. The Morgan fingerprint density at radius 3 is 2.69 bits per heavy atom. The second-order valence-corrected chi connectivity index (χ2v) is 4.31. The van der Waals surface area contributed by atoms with Gasteiger partial charge in [-0.25, -0.2) is 4.68 Å². The first-order valence-corrected chi connectivity index (χ1v) is 5.44. The highest BCUT2D eigenvalue weighted by Gasteiger charge is 2.13. The lowest BCUT2D eigenvalue weighted by molar-refractivity contribution is 0.521. The maximum atomic E-state index is 5.98. The van der Waals surface area contributed by atoms with Gasteiger partial charge in [-0.3, -0.25) is 0 Å². The molecular weight excluding hydrogens is 224 g/mol. The van der Waals surface area contributed by atoms with Gasteiger partial charge in [0.25, 0.3) is 0 Å². The Balaban J connectivity index is 2.49. The van der Waals surface area contributed by atoms with Gasteiger partial charge < -0.3 is 5.73 Å². The van der Waals surface area contributed by atoms with Crippen LogP contribution >= 0.6 is 11.6 Å². The van der Waals surface area contributed by atoms with Crippen LogP contribution in [0.3, 0.4) is 0 Å². The van der Waals surface area contributed by atoms with Crippen LogP contribution in [0, 0.1) is 0 Å². The van der Waals surface area contributed by atoms with Crippen LogP contribution in [-0.4, -0.2) is 15.0 Å². The van der Waals surface area contributed by atoms with Crippen LogP contribution in [-0.2, 0) is 0 Å². The zero-order valence-electron chi connectivity index (χ0n) is 9.18. The molecule has 4 nitrogen and oxygen atoms in total. The molecule has 0 saturated carbocycles. The molecule has 0 aliphatic heterocycles. The van der Waals surface area contributed by atoms with Crippen LogP contribution in [0.15, 0.2) is 24.3 Å². The van der Waals surface area contributed by atoms with E-state index in [-0.39, 0.29) is 6.04 Å². The molecular formula is C11H13ClN4. The third-order valence-corrected chi connectivity index (χ3v) is 2.55. The number of rotatable bonds is 2. The summed E-state index contributed by atoms with van der Waals surface area (Å²) in [4.78, 5) is 0. The molecule has 0 unspecified atom stereocenters. The first kappa shape index (κ1) is 11.0. The van der Waals surface area contributed by atoms with Crippen molar-refractivity contribution in [2.45, 2.75) is 19.9 Å². The van der Waals surface area contributed by atoms with Gasteiger partial charge in [-0.05, 0) is 26.0 Å². The van der Waals surface area contributed by atoms with Crippen molar-refractivity contribution in [1.82, 2.24) is 15.0 Å². The van der Waals surface area contributed by atoms with Crippen LogP contribution in [0.1, 0.15) is 19.9 Å². The Morgan fingerprint density at radius 2 is 2.12 bits per heavy atom. The largest absolute Gasteiger partial charge is 0.382 e. The average Bonchev–Trinajstić information content (AvgIpc) is 2.60. The Hall–Kier alpha value is -1.55. The topological polar surface area (TPSA) is 56.7 Å². The lowest BCUT2D eigenvalue weighted by Crippen LogP contribution is -2.07. The minimum Gasteiger partial charge on any atom is -0.382 e. The van der Waals surface area contributed by atoms with Gasteiger partial charge in [-0.15, -0.1) is 5.10 Å². The number of anilines is 1. The predicted octanol–water partition coefficient (Wildman–Crippen LogP) is 2.76. The van der Waals surface area contributed by atoms with Crippen LogP contribution in [0.4, 0.5) is 5.82 Å². The minimum absolute atomic E-state index is 0.195. The van der Waals surface area contributed by atoms with E-state index in [0.29, 0.717) is 16.5 Å². The highest BCUT2D eigenvalue weighted by Crippen LogP contribution is 2.26. The number of aromatic nitrogens is 3. The minimum atomic E-state index is 0.195. The Kier molecular flexibility index (Phi) is 2.83. The van der Waals surface area contributed by atoms with Gasteiger partial charge in [-0.2, -0.15) is 0 Å². The molecule has 1 aromatic heterocycles. The summed E-state index contributed by atoms with van der Waals surface area (Å²) in [5, 5.41) is 8.76. The SMILES string of the molecule is CC(C)n1nnc(-c2cccc(Cl)c2)c1N. The van der Waals surface area contributed by atoms with E-state index in [1.54, 1.807) is 4.68 Å². The third-order valence-electron chi connectivity index (χ3n) is 2.32. The summed E-state index contributed by atoms with van der Waals surface area (Å²) in [6.45, 7) is 4.01. The molecule has 0 bridgehead atoms. The Morgan fingerprint density at radius 1 is 1.38 bits per heavy atom. The van der Waals surface area contributed by atoms with Crippen molar-refractivity contribution in [3.8, 4) is 11.3 Å². The summed E-state index contributed by atoms with van der Waals surface area (Å²) >= 11 is 5.92. The zero-order valence-corrected chi connectivity index (χ0v) is 9.94. The van der Waals surface area contributed by atoms with Crippen molar-refractivity contribution < 1.29 is 0 Å². The van der Waals surface area contributed by atoms with Crippen molar-refractivity contribution in [3.05, 3.63) is 29.3 Å². The van der Waals surface area contributed by atoms with E-state index < -0.39 is 0 Å². The lowest BCUT2D eigenvalue weighted by atomic mass is 10.1. The van der Waals surface area contributed by atoms with Crippen molar-refractivity contribution in [1.29, 1.82) is 0 Å². The van der Waals surface area contributed by atoms with Gasteiger partial charge in [0.05, 0.1) is 6.04 Å². The second kappa shape index (κ2) is 4.14. The van der Waals surface area contributed by atoms with Gasteiger partial charge in [0.1, 0.15) is 5.69 Å². The fourth-order valence-corrected chi connectivity index (χ4v) is 1.71. The molecule has 0 saturated heterocycles. The maximum Gasteiger partial charge on any atom is 0.150 e. The quantitative estimate of drug-likeness (QED) is 0.872. The monoisotopic (exact) mass is 236 g/mol. The fraction of sp³-hybridized carbons (Fsp3) is 0.273. The standard InChI is InChI=1S/C11H13ClN4/c1-7(2)16-11(13)10(14-15-16)8-4-3-5-9(12)6-8/h3-7H,13H2,1-2H3. The van der Waals surface area contributed by atoms with Crippen LogP contribution in [0.25, 0.3) is 11.3 Å². The van der Waals surface area contributed by atoms with Crippen LogP contribution < -0.4 is 5.73 Å². The molecule has 0 fully saturated rings. The van der Waals surface area contributed by atoms with Crippen molar-refractivity contribution in [2.24, 2.45) is 0 Å². The molecule has 1 aromatic carbocycles. The molecule has 1 heterocycles. The number of benzene rings is 1. The molecule has 0 radical (unpaired) electrons. The van der Waals surface area contributed by atoms with E-state index in [0.717, 1.165) is 5.56 Å². The van der Waals surface area contributed by atoms with Crippen LogP contribution in [0.5, 0.6) is 0 Å². The van der Waals surface area contributed by atoms with Gasteiger partial charge in [0, 0.05) is 10.6 Å². The summed E-state index contributed by atoms with van der Waals surface area (Å²) in [7, 11) is 0. The summed E-state index contributed by atoms with van der Waals surface area (Å²) in [6, 6.07) is 7.61. The molecule has 2 aromatic rings. The summed E-state index contributed by atoms with van der Waals surface area (Å²) < 4.78 is 1.69. The number of nitrogens with two attached hydrogens (primary N) is 1. The van der Waals surface area contributed by atoms with Crippen molar-refractivity contribution in [2.75, 3.05) is 5.73 Å². The average molecular weight is 237 g/mol. The number of nitrogen functional groups attached to an aromatic ring is 1. The fourth-order valence-electron chi connectivity index (χ4n) is 1.52. The molecule has 0 atom stereocenters. The molecule has 0 amide bonds. The predicted molar refractivity (Wildman–Crippen MR) is 65.3 cm³/mol. The number of nitrogens with zero attached hydrogens (tertiary/aromatic N) is 3. The number of halogens is 1. The molecule has 0 spiro atoms. The van der Waals surface area contributed by atoms with E-state index in [1.807, 2.05) is 38.1 Å². The number of hydrogen-bond acceptors (Lipinski definition) is 3. The summed E-state index contributed by atoms with van der Waals surface area (Å²) in [5.41, 5.74) is 7.54. The smallest absolute Gasteiger partial charge is 0.150 e. The molecule has 2 N–H and O–H groups in total. The Labute approximate surface area is 99.0 Å². The van der Waals surface area contributed by atoms with E-state index in [9.17, 15) is 0 Å². The third kappa shape index (κ3) is 1.88. The van der Waals surface area contributed by atoms with Crippen LogP contribution in [0.2, 0.25) is 5.02 Å². The van der Waals surface area contributed by atoms with Crippen molar-refractivity contribution in [3.63, 3.8) is 0 Å². The van der Waals surface area contributed by atoms with Gasteiger partial charge in [0.2, 0.25) is 0 Å². The summed E-state index contributed by atoms with van der Waals surface area (Å²) in [6.07, 6.45) is 0. The maximum absolute atomic E-state index is 5.98. The molecule has 0 aliphatic rings. The second-order valence-electron chi connectivity index (χ2n) is 3.87. The Bertz CT molecular complexity index is 504. The van der Waals surface area contributed by atoms with E-state index in [1.165, 1.54) is 0 Å². The molecule has 0 aliphatic carbocycles. The number of hydrogen-bond donors (Lipinski definition) is 1. The van der Waals surface area contributed by atoms with Crippen molar-refractivity contribution >= 4 is 17.4 Å². The molecule has 2 rings (SSSR count). The summed E-state index contributed by atoms with van der Waals surface area (Å²) in [5.74, 6) is 0.567. The zero-order chi connectivity index (χ0) is 11.7. The first-order chi connectivity index (χ1) is 7.59. The highest BCUT2D eigenvalue weighted by molar-refractivity contribution is 6.30. The highest BCUT2D eigenvalue weighted by atomic mass is 35.5. The normalized spacial score (nSPS) is 11.0. The molecule has 84 valence electrons. The van der Waals surface area contributed by atoms with Gasteiger partial charge in [0.15, 0.2) is 5.82 Å². The first-order valence-electron chi connectivity index (χ1n) is 5.06. The van der Waals surface area contributed by atoms with Gasteiger partial charge >= 0.3 is 0 Å². The van der Waals surface area contributed by atoms with E-state index >= 15 is 0 Å².